The van der Waals surface area contributed by atoms with Crippen LogP contribution >= 0.6 is 0 Å². The maximum Gasteiger partial charge on any atom is 0.323 e. The van der Waals surface area contributed by atoms with E-state index in [0.29, 0.717) is 17.7 Å². The summed E-state index contributed by atoms with van der Waals surface area (Å²) in [6.07, 6.45) is 0.664. The first-order valence-corrected chi connectivity index (χ1v) is 7.85. The van der Waals surface area contributed by atoms with Gasteiger partial charge in [-0.3, -0.25) is 9.59 Å². The summed E-state index contributed by atoms with van der Waals surface area (Å²) in [5.41, 5.74) is 1.61. The van der Waals surface area contributed by atoms with Gasteiger partial charge in [-0.2, -0.15) is 0 Å². The van der Waals surface area contributed by atoms with E-state index in [1.54, 1.807) is 19.2 Å². The largest absolute Gasteiger partial charge is 0.497 e. The van der Waals surface area contributed by atoms with Crippen LogP contribution in [0.1, 0.15) is 17.5 Å². The zero-order valence-corrected chi connectivity index (χ0v) is 13.9. The van der Waals surface area contributed by atoms with Crippen molar-refractivity contribution in [2.24, 2.45) is 0 Å². The lowest BCUT2D eigenvalue weighted by Crippen LogP contribution is -2.35. The normalized spacial score (nSPS) is 10.3. The Balaban J connectivity index is 2.01. The van der Waals surface area contributed by atoms with Crippen molar-refractivity contribution < 1.29 is 23.8 Å². The Kier molecular flexibility index (Phi) is 6.51. The lowest BCUT2D eigenvalue weighted by Gasteiger charge is -2.21. The van der Waals surface area contributed by atoms with Crippen molar-refractivity contribution >= 4 is 11.9 Å². The molecule has 0 radical (unpaired) electrons. The molecule has 2 rings (SSSR count). The lowest BCUT2D eigenvalue weighted by atomic mass is 10.1. The molecule has 5 nitrogen and oxygen atoms in total. The molecule has 0 aliphatic rings. The molecule has 0 spiro atoms. The van der Waals surface area contributed by atoms with Crippen molar-refractivity contribution in [3.05, 3.63) is 65.5 Å². The van der Waals surface area contributed by atoms with Crippen LogP contribution in [0.2, 0.25) is 0 Å². The minimum atomic E-state index is -1.09. The van der Waals surface area contributed by atoms with Crippen LogP contribution in [0.25, 0.3) is 0 Å². The van der Waals surface area contributed by atoms with Crippen LogP contribution in [0.3, 0.4) is 0 Å². The molecular formula is C19H20FNO4. The third-order valence-corrected chi connectivity index (χ3v) is 3.73. The summed E-state index contributed by atoms with van der Waals surface area (Å²) in [5.74, 6) is -1.03. The number of aryl methyl sites for hydroxylation is 1. The average molecular weight is 345 g/mol. The van der Waals surface area contributed by atoms with Gasteiger partial charge in [0.15, 0.2) is 0 Å². The van der Waals surface area contributed by atoms with Gasteiger partial charge in [0.25, 0.3) is 0 Å². The third-order valence-electron chi connectivity index (χ3n) is 3.73. The maximum absolute atomic E-state index is 13.0. The number of benzene rings is 2. The van der Waals surface area contributed by atoms with Gasteiger partial charge in [-0.1, -0.05) is 24.3 Å². The smallest absolute Gasteiger partial charge is 0.323 e. The second kappa shape index (κ2) is 8.82. The summed E-state index contributed by atoms with van der Waals surface area (Å²) in [7, 11) is 1.57. The molecule has 0 bridgehead atoms. The number of carboxylic acid groups (broad SMARTS) is 1. The fourth-order valence-corrected chi connectivity index (χ4v) is 2.44. The molecule has 0 saturated carbocycles. The van der Waals surface area contributed by atoms with Crippen molar-refractivity contribution in [2.45, 2.75) is 19.4 Å². The van der Waals surface area contributed by atoms with Crippen LogP contribution < -0.4 is 4.74 Å². The van der Waals surface area contributed by atoms with E-state index in [-0.39, 0.29) is 24.7 Å². The molecule has 0 aliphatic carbocycles. The standard InChI is InChI=1S/C19H20FNO4/c1-25-17-4-2-3-14(11-17)7-10-18(22)21(13-19(23)24)12-15-5-8-16(20)9-6-15/h2-6,8-9,11H,7,10,12-13H2,1H3,(H,23,24). The number of ether oxygens (including phenoxy) is 1. The van der Waals surface area contributed by atoms with Gasteiger partial charge in [0.05, 0.1) is 7.11 Å². The van der Waals surface area contributed by atoms with Crippen LogP contribution in [0, 0.1) is 5.82 Å². The van der Waals surface area contributed by atoms with E-state index in [4.69, 9.17) is 9.84 Å². The number of methoxy groups -OCH3 is 1. The topological polar surface area (TPSA) is 66.8 Å². The lowest BCUT2D eigenvalue weighted by molar-refractivity contribution is -0.144. The van der Waals surface area contributed by atoms with Gasteiger partial charge < -0.3 is 14.7 Å². The summed E-state index contributed by atoms with van der Waals surface area (Å²) in [5, 5.41) is 9.04. The van der Waals surface area contributed by atoms with Gasteiger partial charge in [-0.25, -0.2) is 4.39 Å². The number of halogens is 1. The van der Waals surface area contributed by atoms with Crippen molar-refractivity contribution in [1.29, 1.82) is 0 Å². The van der Waals surface area contributed by atoms with E-state index in [1.807, 2.05) is 24.3 Å². The molecule has 0 aromatic heterocycles. The third kappa shape index (κ3) is 5.91. The predicted molar refractivity (Wildman–Crippen MR) is 90.8 cm³/mol. The molecule has 25 heavy (non-hydrogen) atoms. The van der Waals surface area contributed by atoms with Gasteiger partial charge >= 0.3 is 5.97 Å². The molecule has 0 heterocycles. The van der Waals surface area contributed by atoms with E-state index in [1.165, 1.54) is 17.0 Å². The van der Waals surface area contributed by atoms with Crippen LogP contribution in [-0.4, -0.2) is 35.5 Å². The zero-order chi connectivity index (χ0) is 18.2. The Morgan fingerprint density at radius 2 is 1.84 bits per heavy atom. The number of rotatable bonds is 8. The molecule has 0 atom stereocenters. The second-order valence-corrected chi connectivity index (χ2v) is 5.62. The molecule has 0 unspecified atom stereocenters. The molecule has 0 aliphatic heterocycles. The van der Waals surface area contributed by atoms with Crippen LogP contribution in [0.15, 0.2) is 48.5 Å². The van der Waals surface area contributed by atoms with Gasteiger partial charge in [0.2, 0.25) is 5.91 Å². The van der Waals surface area contributed by atoms with Crippen molar-refractivity contribution in [1.82, 2.24) is 4.90 Å². The molecule has 2 aromatic rings. The van der Waals surface area contributed by atoms with Crippen molar-refractivity contribution in [2.75, 3.05) is 13.7 Å². The highest BCUT2D eigenvalue weighted by atomic mass is 19.1. The molecular weight excluding hydrogens is 325 g/mol. The number of hydrogen-bond donors (Lipinski definition) is 1. The number of nitrogens with zero attached hydrogens (tertiary/aromatic N) is 1. The van der Waals surface area contributed by atoms with Crippen LogP contribution in [-0.2, 0) is 22.6 Å². The maximum atomic E-state index is 13.0. The first-order valence-electron chi connectivity index (χ1n) is 7.85. The molecule has 132 valence electrons. The molecule has 0 fully saturated rings. The van der Waals surface area contributed by atoms with Crippen LogP contribution in [0.4, 0.5) is 4.39 Å². The molecule has 1 N–H and O–H groups in total. The first kappa shape index (κ1) is 18.4. The Morgan fingerprint density at radius 3 is 2.48 bits per heavy atom. The van der Waals surface area contributed by atoms with Crippen molar-refractivity contribution in [3.63, 3.8) is 0 Å². The number of carboxylic acids is 1. The minimum absolute atomic E-state index is 0.128. The number of aliphatic carboxylic acids is 1. The molecule has 6 heteroatoms. The van der Waals surface area contributed by atoms with Crippen LogP contribution in [0.5, 0.6) is 5.75 Å². The Bertz CT molecular complexity index is 730. The average Bonchev–Trinajstić information content (AvgIpc) is 2.60. The Labute approximate surface area is 145 Å². The van der Waals surface area contributed by atoms with Gasteiger partial charge in [0.1, 0.15) is 18.1 Å². The fraction of sp³-hybridized carbons (Fsp3) is 0.263. The fourth-order valence-electron chi connectivity index (χ4n) is 2.44. The first-order chi connectivity index (χ1) is 12.0. The highest BCUT2D eigenvalue weighted by molar-refractivity contribution is 5.81. The van der Waals surface area contributed by atoms with E-state index in [0.717, 1.165) is 5.56 Å². The monoisotopic (exact) mass is 345 g/mol. The summed E-state index contributed by atoms with van der Waals surface area (Å²) >= 11 is 0. The van der Waals surface area contributed by atoms with E-state index < -0.39 is 12.5 Å². The summed E-state index contributed by atoms with van der Waals surface area (Å²) < 4.78 is 18.1. The minimum Gasteiger partial charge on any atom is -0.497 e. The summed E-state index contributed by atoms with van der Waals surface area (Å²) in [6, 6.07) is 13.0. The van der Waals surface area contributed by atoms with Gasteiger partial charge in [0, 0.05) is 13.0 Å². The number of carbonyl (C=O) groups excluding carboxylic acids is 1. The quantitative estimate of drug-likeness (QED) is 0.799. The zero-order valence-electron chi connectivity index (χ0n) is 13.9. The predicted octanol–water partition coefficient (Wildman–Crippen LogP) is 2.88. The van der Waals surface area contributed by atoms with Crippen molar-refractivity contribution in [3.8, 4) is 5.75 Å². The van der Waals surface area contributed by atoms with E-state index in [9.17, 15) is 14.0 Å². The Morgan fingerprint density at radius 1 is 1.12 bits per heavy atom. The van der Waals surface area contributed by atoms with Gasteiger partial charge in [-0.15, -0.1) is 0 Å². The SMILES string of the molecule is COc1cccc(CCC(=O)N(CC(=O)O)Cc2ccc(F)cc2)c1. The van der Waals surface area contributed by atoms with E-state index >= 15 is 0 Å². The highest BCUT2D eigenvalue weighted by Crippen LogP contribution is 2.15. The molecule has 1 amide bonds. The highest BCUT2D eigenvalue weighted by Gasteiger charge is 2.17. The van der Waals surface area contributed by atoms with Gasteiger partial charge in [-0.05, 0) is 41.8 Å². The number of hydrogen-bond acceptors (Lipinski definition) is 3. The van der Waals surface area contributed by atoms with E-state index in [2.05, 4.69) is 0 Å². The molecule has 0 saturated heterocycles. The Hall–Kier alpha value is -2.89. The number of carbonyl (C=O) groups is 2. The summed E-state index contributed by atoms with van der Waals surface area (Å²) in [4.78, 5) is 24.7. The number of amides is 1. The summed E-state index contributed by atoms with van der Waals surface area (Å²) in [6.45, 7) is -0.266. The second-order valence-electron chi connectivity index (χ2n) is 5.62. The molecule has 2 aromatic carbocycles.